The molecule has 0 saturated carbocycles. The quantitative estimate of drug-likeness (QED) is 0.403. The van der Waals surface area contributed by atoms with Crippen LogP contribution in [-0.2, 0) is 23.5 Å². The molecule has 0 aliphatic carbocycles. The third-order valence-electron chi connectivity index (χ3n) is 7.00. The predicted molar refractivity (Wildman–Crippen MR) is 144 cm³/mol. The molecule has 1 aliphatic heterocycles. The van der Waals surface area contributed by atoms with Gasteiger partial charge in [0, 0.05) is 31.4 Å². The Kier molecular flexibility index (Phi) is 6.03. The Morgan fingerprint density at radius 3 is 2.38 bits per heavy atom. The van der Waals surface area contributed by atoms with Crippen molar-refractivity contribution in [2.24, 2.45) is 7.05 Å². The SMILES string of the molecule is Cc1c(N(C)S(=O)(=O)c2cccc(C(=O)N3c4ccccc4C[C@@H]3C)c2)c(=O)n(-c2ccccc2)n1C. The first-order valence-corrected chi connectivity index (χ1v) is 13.4. The predicted octanol–water partition coefficient (Wildman–Crippen LogP) is 3.90. The largest absolute Gasteiger partial charge is 0.305 e. The van der Waals surface area contributed by atoms with Gasteiger partial charge in [0.1, 0.15) is 5.69 Å². The molecule has 0 spiro atoms. The molecule has 0 N–H and O–H groups in total. The van der Waals surface area contributed by atoms with E-state index in [0.29, 0.717) is 11.4 Å². The summed E-state index contributed by atoms with van der Waals surface area (Å²) in [6, 6.07) is 22.7. The third-order valence-corrected chi connectivity index (χ3v) is 8.76. The average Bonchev–Trinajstić information content (AvgIpc) is 3.35. The maximum absolute atomic E-state index is 13.7. The minimum absolute atomic E-state index is 0.0451. The average molecular weight is 517 g/mol. The number of rotatable bonds is 5. The molecule has 4 aromatic rings. The molecule has 190 valence electrons. The number of benzene rings is 3. The summed E-state index contributed by atoms with van der Waals surface area (Å²) in [4.78, 5) is 28.6. The zero-order valence-electron chi connectivity index (χ0n) is 21.1. The molecular weight excluding hydrogens is 488 g/mol. The summed E-state index contributed by atoms with van der Waals surface area (Å²) in [7, 11) is -1.07. The molecule has 0 bridgehead atoms. The number of carbonyl (C=O) groups is 1. The van der Waals surface area contributed by atoms with Crippen molar-refractivity contribution in [2.75, 3.05) is 16.3 Å². The van der Waals surface area contributed by atoms with Crippen molar-refractivity contribution < 1.29 is 13.2 Å². The maximum Gasteiger partial charge on any atom is 0.296 e. The minimum atomic E-state index is -4.14. The highest BCUT2D eigenvalue weighted by Gasteiger charge is 2.33. The second kappa shape index (κ2) is 9.08. The first kappa shape index (κ1) is 24.6. The van der Waals surface area contributed by atoms with Crippen molar-refractivity contribution in [3.63, 3.8) is 0 Å². The Labute approximate surface area is 216 Å². The number of sulfonamides is 1. The first-order chi connectivity index (χ1) is 17.6. The van der Waals surface area contributed by atoms with E-state index in [0.717, 1.165) is 22.0 Å². The Morgan fingerprint density at radius 1 is 0.973 bits per heavy atom. The second-order valence-corrected chi connectivity index (χ2v) is 11.2. The number of anilines is 2. The van der Waals surface area contributed by atoms with Crippen molar-refractivity contribution in [3.8, 4) is 5.69 Å². The van der Waals surface area contributed by atoms with Crippen LogP contribution in [0.25, 0.3) is 5.69 Å². The van der Waals surface area contributed by atoms with Crippen molar-refractivity contribution in [1.82, 2.24) is 9.36 Å². The maximum atomic E-state index is 13.7. The van der Waals surface area contributed by atoms with Crippen LogP contribution in [0.1, 0.15) is 28.5 Å². The number of para-hydroxylation sites is 2. The van der Waals surface area contributed by atoms with Crippen LogP contribution in [0.2, 0.25) is 0 Å². The Hall–Kier alpha value is -4.11. The number of hydrogen-bond donors (Lipinski definition) is 0. The number of hydrogen-bond acceptors (Lipinski definition) is 4. The molecule has 0 saturated heterocycles. The molecular formula is C28H28N4O4S. The van der Waals surface area contributed by atoms with E-state index < -0.39 is 15.6 Å². The van der Waals surface area contributed by atoms with Crippen LogP contribution >= 0.6 is 0 Å². The molecule has 0 fully saturated rings. The Morgan fingerprint density at radius 2 is 1.65 bits per heavy atom. The fourth-order valence-corrected chi connectivity index (χ4v) is 6.29. The van der Waals surface area contributed by atoms with Crippen LogP contribution in [0.15, 0.2) is 88.6 Å². The summed E-state index contributed by atoms with van der Waals surface area (Å²) in [6.45, 7) is 3.68. The molecule has 37 heavy (non-hydrogen) atoms. The fourth-order valence-electron chi connectivity index (χ4n) is 5.00. The first-order valence-electron chi connectivity index (χ1n) is 12.0. The zero-order valence-corrected chi connectivity index (χ0v) is 21.9. The summed E-state index contributed by atoms with van der Waals surface area (Å²) in [5, 5.41) is 0. The highest BCUT2D eigenvalue weighted by molar-refractivity contribution is 7.92. The van der Waals surface area contributed by atoms with E-state index in [1.165, 1.54) is 23.9 Å². The molecule has 1 aromatic heterocycles. The van der Waals surface area contributed by atoms with E-state index >= 15 is 0 Å². The second-order valence-electron chi connectivity index (χ2n) is 9.27. The number of carbonyl (C=O) groups excluding carboxylic acids is 1. The van der Waals surface area contributed by atoms with Gasteiger partial charge in [-0.1, -0.05) is 42.5 Å². The van der Waals surface area contributed by atoms with Gasteiger partial charge in [-0.2, -0.15) is 0 Å². The summed E-state index contributed by atoms with van der Waals surface area (Å²) in [6.07, 6.45) is 0.740. The van der Waals surface area contributed by atoms with Gasteiger partial charge in [0.2, 0.25) is 0 Å². The molecule has 1 aliphatic rings. The lowest BCUT2D eigenvalue weighted by molar-refractivity contribution is 0.0981. The third kappa shape index (κ3) is 3.95. The van der Waals surface area contributed by atoms with Crippen molar-refractivity contribution >= 4 is 27.3 Å². The number of aromatic nitrogens is 2. The normalized spacial score (nSPS) is 15.0. The molecule has 2 heterocycles. The molecule has 0 unspecified atom stereocenters. The number of nitrogens with zero attached hydrogens (tertiary/aromatic N) is 4. The molecule has 1 amide bonds. The monoisotopic (exact) mass is 516 g/mol. The highest BCUT2D eigenvalue weighted by Crippen LogP contribution is 2.33. The zero-order chi connectivity index (χ0) is 26.5. The van der Waals surface area contributed by atoms with Gasteiger partial charge in [-0.05, 0) is 62.2 Å². The summed E-state index contributed by atoms with van der Waals surface area (Å²) in [5.41, 5.74) is 2.91. The Bertz CT molecular complexity index is 1670. The molecule has 8 nitrogen and oxygen atoms in total. The van der Waals surface area contributed by atoms with Crippen molar-refractivity contribution in [2.45, 2.75) is 31.2 Å². The van der Waals surface area contributed by atoms with Gasteiger partial charge in [0.25, 0.3) is 21.5 Å². The van der Waals surface area contributed by atoms with Crippen LogP contribution in [0, 0.1) is 6.92 Å². The van der Waals surface area contributed by atoms with E-state index in [1.54, 1.807) is 47.8 Å². The Balaban J connectivity index is 1.52. The number of amides is 1. The van der Waals surface area contributed by atoms with Gasteiger partial charge >= 0.3 is 0 Å². The van der Waals surface area contributed by atoms with Crippen molar-refractivity contribution in [1.29, 1.82) is 0 Å². The van der Waals surface area contributed by atoms with Crippen LogP contribution in [0.4, 0.5) is 11.4 Å². The van der Waals surface area contributed by atoms with Gasteiger partial charge in [-0.25, -0.2) is 13.1 Å². The van der Waals surface area contributed by atoms with Gasteiger partial charge in [-0.15, -0.1) is 0 Å². The fraction of sp³-hybridized carbons (Fsp3) is 0.214. The van der Waals surface area contributed by atoms with E-state index in [1.807, 2.05) is 49.4 Å². The van der Waals surface area contributed by atoms with Gasteiger partial charge in [0.15, 0.2) is 0 Å². The molecule has 3 aromatic carbocycles. The van der Waals surface area contributed by atoms with Crippen molar-refractivity contribution in [3.05, 3.63) is 106 Å². The highest BCUT2D eigenvalue weighted by atomic mass is 32.2. The van der Waals surface area contributed by atoms with E-state index in [-0.39, 0.29) is 28.1 Å². The molecule has 1 atom stereocenters. The summed E-state index contributed by atoms with van der Waals surface area (Å²) >= 11 is 0. The van der Waals surface area contributed by atoms with Gasteiger partial charge in [0.05, 0.1) is 16.3 Å². The summed E-state index contributed by atoms with van der Waals surface area (Å²) < 4.78 is 31.5. The standard InChI is InChI=1S/C28H28N4O4S/c1-19-17-21-11-8-9-16-25(21)31(19)27(33)22-12-10-15-24(18-22)37(35,36)30(4)26-20(2)29(3)32(28(26)34)23-13-6-5-7-14-23/h5-16,18-19H,17H2,1-4H3/t19-/m0/s1. The van der Waals surface area contributed by atoms with E-state index in [2.05, 4.69) is 0 Å². The van der Waals surface area contributed by atoms with E-state index in [9.17, 15) is 18.0 Å². The van der Waals surface area contributed by atoms with Crippen LogP contribution < -0.4 is 14.8 Å². The van der Waals surface area contributed by atoms with Gasteiger partial charge < -0.3 is 4.90 Å². The van der Waals surface area contributed by atoms with Crippen LogP contribution in [0.3, 0.4) is 0 Å². The minimum Gasteiger partial charge on any atom is -0.305 e. The lowest BCUT2D eigenvalue weighted by atomic mass is 10.1. The topological polar surface area (TPSA) is 84.6 Å². The lowest BCUT2D eigenvalue weighted by Crippen LogP contribution is -2.36. The summed E-state index contributed by atoms with van der Waals surface area (Å²) in [5.74, 6) is -0.264. The lowest BCUT2D eigenvalue weighted by Gasteiger charge is -2.23. The molecule has 0 radical (unpaired) electrons. The van der Waals surface area contributed by atoms with Crippen LogP contribution in [-0.4, -0.2) is 36.8 Å². The molecule has 9 heteroatoms. The molecule has 5 rings (SSSR count). The van der Waals surface area contributed by atoms with Crippen LogP contribution in [0.5, 0.6) is 0 Å². The number of fused-ring (bicyclic) bond motifs is 1. The smallest absolute Gasteiger partial charge is 0.296 e. The van der Waals surface area contributed by atoms with Gasteiger partial charge in [-0.3, -0.25) is 18.6 Å². The van der Waals surface area contributed by atoms with E-state index in [4.69, 9.17) is 0 Å².